The Bertz CT molecular complexity index is 564. The Morgan fingerprint density at radius 2 is 2.16 bits per heavy atom. The zero-order chi connectivity index (χ0) is 13.3. The lowest BCUT2D eigenvalue weighted by molar-refractivity contribution is 0.356. The minimum atomic E-state index is 0.156. The number of likely N-dealkylation sites (N-methyl/N-ethyl adjacent to an activating group) is 1. The first-order valence-electron chi connectivity index (χ1n) is 6.68. The fraction of sp³-hybridized carbons (Fsp3) is 0.400. The molecule has 1 atom stereocenters. The Kier molecular flexibility index (Phi) is 3.29. The van der Waals surface area contributed by atoms with Crippen molar-refractivity contribution in [2.75, 3.05) is 19.3 Å². The van der Waals surface area contributed by atoms with E-state index in [1.165, 1.54) is 16.1 Å². The van der Waals surface area contributed by atoms with E-state index in [0.717, 1.165) is 25.8 Å². The van der Waals surface area contributed by atoms with E-state index in [1.807, 2.05) is 7.05 Å². The monoisotopic (exact) mass is 273 g/mol. The number of nitrogens with two attached hydrogens (primary N) is 1. The number of nitrogens with zero attached hydrogens (tertiary/aromatic N) is 1. The lowest BCUT2D eigenvalue weighted by atomic mass is 9.70. The summed E-state index contributed by atoms with van der Waals surface area (Å²) in [6, 6.07) is 10.8. The van der Waals surface area contributed by atoms with Crippen LogP contribution in [0.4, 0.5) is 5.13 Å². The maximum absolute atomic E-state index is 5.85. The van der Waals surface area contributed by atoms with Gasteiger partial charge in [-0.25, -0.2) is 4.98 Å². The van der Waals surface area contributed by atoms with Gasteiger partial charge in [0.15, 0.2) is 5.13 Å². The molecule has 0 spiro atoms. The van der Waals surface area contributed by atoms with Gasteiger partial charge in [0.05, 0.1) is 5.69 Å². The van der Waals surface area contributed by atoms with E-state index in [0.29, 0.717) is 5.13 Å². The van der Waals surface area contributed by atoms with E-state index in [-0.39, 0.29) is 5.41 Å². The second kappa shape index (κ2) is 4.94. The van der Waals surface area contributed by atoms with Gasteiger partial charge in [-0.05, 0) is 25.5 Å². The van der Waals surface area contributed by atoms with E-state index >= 15 is 0 Å². The molecule has 0 amide bonds. The van der Waals surface area contributed by atoms with Crippen LogP contribution in [-0.4, -0.2) is 18.6 Å². The number of hydrogen-bond acceptors (Lipinski definition) is 4. The fourth-order valence-corrected chi connectivity index (χ4v) is 3.98. The summed E-state index contributed by atoms with van der Waals surface area (Å²) in [6.45, 7) is 0.980. The minimum Gasteiger partial charge on any atom is -0.375 e. The van der Waals surface area contributed by atoms with E-state index in [1.54, 1.807) is 11.3 Å². The van der Waals surface area contributed by atoms with Crippen molar-refractivity contribution < 1.29 is 0 Å². The molecular formula is C15H19N3S. The molecule has 1 aromatic heterocycles. The maximum atomic E-state index is 5.85. The van der Waals surface area contributed by atoms with Gasteiger partial charge in [-0.15, -0.1) is 11.3 Å². The summed E-state index contributed by atoms with van der Waals surface area (Å²) in [7, 11) is 2.02. The number of aryl methyl sites for hydroxylation is 1. The van der Waals surface area contributed by atoms with Gasteiger partial charge in [-0.2, -0.15) is 0 Å². The molecule has 0 saturated heterocycles. The van der Waals surface area contributed by atoms with Crippen LogP contribution < -0.4 is 11.1 Å². The molecule has 4 heteroatoms. The minimum absolute atomic E-state index is 0.156. The van der Waals surface area contributed by atoms with Crippen molar-refractivity contribution in [1.82, 2.24) is 10.3 Å². The molecule has 0 fully saturated rings. The molecule has 3 rings (SSSR count). The maximum Gasteiger partial charge on any atom is 0.180 e. The molecule has 3 nitrogen and oxygen atoms in total. The summed E-state index contributed by atoms with van der Waals surface area (Å²) in [5.41, 5.74) is 8.61. The summed E-state index contributed by atoms with van der Waals surface area (Å²) in [4.78, 5) is 5.90. The van der Waals surface area contributed by atoms with Crippen molar-refractivity contribution in [3.8, 4) is 0 Å². The van der Waals surface area contributed by atoms with Crippen LogP contribution in [0.25, 0.3) is 0 Å². The van der Waals surface area contributed by atoms with Crippen LogP contribution in [-0.2, 0) is 18.3 Å². The second-order valence-corrected chi connectivity index (χ2v) is 6.39. The number of thiazole rings is 1. The van der Waals surface area contributed by atoms with Crippen molar-refractivity contribution in [3.05, 3.63) is 46.5 Å². The van der Waals surface area contributed by atoms with Crippen molar-refractivity contribution in [2.24, 2.45) is 0 Å². The Morgan fingerprint density at radius 3 is 2.89 bits per heavy atom. The van der Waals surface area contributed by atoms with Gasteiger partial charge < -0.3 is 11.1 Å². The molecule has 1 aliphatic rings. The van der Waals surface area contributed by atoms with Gasteiger partial charge in [0, 0.05) is 23.3 Å². The first-order chi connectivity index (χ1) is 9.23. The van der Waals surface area contributed by atoms with E-state index < -0.39 is 0 Å². The number of nitrogen functional groups attached to an aromatic ring is 1. The highest BCUT2D eigenvalue weighted by Gasteiger charge is 2.37. The van der Waals surface area contributed by atoms with Crippen LogP contribution in [0.3, 0.4) is 0 Å². The predicted octanol–water partition coefficient (Wildman–Crippen LogP) is 2.37. The first-order valence-corrected chi connectivity index (χ1v) is 7.49. The predicted molar refractivity (Wildman–Crippen MR) is 80.6 cm³/mol. The number of rotatable bonds is 3. The van der Waals surface area contributed by atoms with Crippen LogP contribution >= 0.6 is 11.3 Å². The average molecular weight is 273 g/mol. The van der Waals surface area contributed by atoms with Crippen molar-refractivity contribution in [3.63, 3.8) is 0 Å². The zero-order valence-corrected chi connectivity index (χ0v) is 12.0. The zero-order valence-electron chi connectivity index (χ0n) is 11.1. The van der Waals surface area contributed by atoms with E-state index in [9.17, 15) is 0 Å². The van der Waals surface area contributed by atoms with Crippen LogP contribution in [0.1, 0.15) is 22.6 Å². The lowest BCUT2D eigenvalue weighted by Gasteiger charge is -2.37. The molecule has 1 aromatic carbocycles. The molecular weight excluding hydrogens is 254 g/mol. The van der Waals surface area contributed by atoms with Gasteiger partial charge in [0.25, 0.3) is 0 Å². The Morgan fingerprint density at radius 1 is 1.37 bits per heavy atom. The summed E-state index contributed by atoms with van der Waals surface area (Å²) < 4.78 is 0. The summed E-state index contributed by atoms with van der Waals surface area (Å²) in [5, 5.41) is 4.07. The summed E-state index contributed by atoms with van der Waals surface area (Å²) in [5.74, 6) is 0. The second-order valence-electron chi connectivity index (χ2n) is 5.28. The molecule has 1 aliphatic carbocycles. The first kappa shape index (κ1) is 12.6. The molecule has 0 bridgehead atoms. The third-order valence-corrected chi connectivity index (χ3v) is 5.02. The SMILES string of the molecule is CNCC1(c2ccccc2)CCc2sc(N)nc2C1. The smallest absolute Gasteiger partial charge is 0.180 e. The largest absolute Gasteiger partial charge is 0.375 e. The summed E-state index contributed by atoms with van der Waals surface area (Å²) >= 11 is 1.65. The van der Waals surface area contributed by atoms with Gasteiger partial charge >= 0.3 is 0 Å². The highest BCUT2D eigenvalue weighted by Crippen LogP contribution is 2.40. The van der Waals surface area contributed by atoms with E-state index in [2.05, 4.69) is 40.6 Å². The third kappa shape index (κ3) is 2.26. The number of aromatic nitrogens is 1. The van der Waals surface area contributed by atoms with Gasteiger partial charge in [-0.3, -0.25) is 0 Å². The van der Waals surface area contributed by atoms with Gasteiger partial charge in [-0.1, -0.05) is 30.3 Å². The summed E-state index contributed by atoms with van der Waals surface area (Å²) in [6.07, 6.45) is 3.23. The fourth-order valence-electron chi connectivity index (χ4n) is 3.13. The highest BCUT2D eigenvalue weighted by atomic mass is 32.1. The number of benzene rings is 1. The molecule has 19 heavy (non-hydrogen) atoms. The van der Waals surface area contributed by atoms with Crippen LogP contribution in [0.5, 0.6) is 0 Å². The van der Waals surface area contributed by atoms with Crippen LogP contribution in [0.15, 0.2) is 30.3 Å². The molecule has 2 aromatic rings. The lowest BCUT2D eigenvalue weighted by Crippen LogP contribution is -2.41. The van der Waals surface area contributed by atoms with Crippen molar-refractivity contribution >= 4 is 16.5 Å². The standard InChI is InChI=1S/C15H19N3S/c1-17-10-15(11-5-3-2-4-6-11)8-7-13-12(9-15)18-14(16)19-13/h2-6,17H,7-10H2,1H3,(H2,16,18). The third-order valence-electron chi connectivity index (χ3n) is 4.03. The number of anilines is 1. The Labute approximate surface area is 117 Å². The highest BCUT2D eigenvalue weighted by molar-refractivity contribution is 7.15. The molecule has 0 aliphatic heterocycles. The van der Waals surface area contributed by atoms with Crippen LogP contribution in [0.2, 0.25) is 0 Å². The molecule has 3 N–H and O–H groups in total. The number of hydrogen-bond donors (Lipinski definition) is 2. The molecule has 1 heterocycles. The van der Waals surface area contributed by atoms with Crippen molar-refractivity contribution in [1.29, 1.82) is 0 Å². The number of fused-ring (bicyclic) bond motifs is 1. The molecule has 0 saturated carbocycles. The Balaban J connectivity index is 2.00. The molecule has 0 radical (unpaired) electrons. The van der Waals surface area contributed by atoms with E-state index in [4.69, 9.17) is 5.73 Å². The quantitative estimate of drug-likeness (QED) is 0.902. The van der Waals surface area contributed by atoms with Gasteiger partial charge in [0.2, 0.25) is 0 Å². The topological polar surface area (TPSA) is 50.9 Å². The molecule has 1 unspecified atom stereocenters. The average Bonchev–Trinajstić information content (AvgIpc) is 2.79. The Hall–Kier alpha value is -1.39. The molecule has 100 valence electrons. The van der Waals surface area contributed by atoms with Crippen LogP contribution in [0, 0.1) is 0 Å². The van der Waals surface area contributed by atoms with Gasteiger partial charge in [0.1, 0.15) is 0 Å². The normalized spacial score (nSPS) is 22.2. The number of nitrogens with one attached hydrogen (secondary N) is 1. The van der Waals surface area contributed by atoms with Crippen molar-refractivity contribution in [2.45, 2.75) is 24.7 Å².